The summed E-state index contributed by atoms with van der Waals surface area (Å²) in [7, 11) is 0. The lowest BCUT2D eigenvalue weighted by atomic mass is 9.78. The summed E-state index contributed by atoms with van der Waals surface area (Å²) in [6.07, 6.45) is 27.1. The summed E-state index contributed by atoms with van der Waals surface area (Å²) in [4.78, 5) is 7.68. The highest BCUT2D eigenvalue weighted by atomic mass is 15.3. The molecule has 2 heteroatoms. The fourth-order valence-electron chi connectivity index (χ4n) is 5.66. The number of para-hydroxylation sites is 1. The van der Waals surface area contributed by atoms with Crippen molar-refractivity contribution in [2.75, 3.05) is 4.90 Å². The first-order chi connectivity index (χ1) is 16.5. The molecule has 0 saturated carbocycles. The van der Waals surface area contributed by atoms with Gasteiger partial charge in [-0.25, -0.2) is 0 Å². The highest BCUT2D eigenvalue weighted by molar-refractivity contribution is 6.07. The molecule has 0 saturated heterocycles. The number of hydrogen-bond donors (Lipinski definition) is 0. The van der Waals surface area contributed by atoms with Crippen LogP contribution < -0.4 is 4.90 Å². The second-order valence-electron chi connectivity index (χ2n) is 9.96. The van der Waals surface area contributed by atoms with Gasteiger partial charge in [-0.2, -0.15) is 0 Å². The molecule has 2 heterocycles. The quantitative estimate of drug-likeness (QED) is 0.393. The molecule has 0 fully saturated rings. The van der Waals surface area contributed by atoms with Crippen LogP contribution in [-0.4, -0.2) is 17.9 Å². The van der Waals surface area contributed by atoms with E-state index in [1.54, 1.807) is 0 Å². The molecule has 1 aromatic carbocycles. The number of rotatable bonds is 7. The summed E-state index contributed by atoms with van der Waals surface area (Å²) in [6.45, 7) is 15.0. The van der Waals surface area contributed by atoms with Crippen LogP contribution in [-0.2, 0) is 0 Å². The minimum absolute atomic E-state index is 0.0167. The SMILES string of the molecule is C=CC1C(/C=C/[C@@](C)(C=C)CC(=C)C2=CC=CCC2)N=C2C3C=CC=CC3c3ccccc3N21. The molecule has 0 amide bonds. The van der Waals surface area contributed by atoms with E-state index in [1.807, 2.05) is 12.2 Å². The predicted molar refractivity (Wildman–Crippen MR) is 146 cm³/mol. The Hall–Kier alpha value is -3.39. The van der Waals surface area contributed by atoms with Crippen molar-refractivity contribution in [2.24, 2.45) is 16.3 Å². The van der Waals surface area contributed by atoms with Crippen LogP contribution in [0.5, 0.6) is 0 Å². The maximum atomic E-state index is 5.27. The Bertz CT molecular complexity index is 1190. The van der Waals surface area contributed by atoms with E-state index in [1.165, 1.54) is 22.4 Å². The van der Waals surface area contributed by atoms with Gasteiger partial charge in [0.2, 0.25) is 0 Å². The first-order valence-electron chi connectivity index (χ1n) is 12.3. The molecular weight excluding hydrogens is 412 g/mol. The van der Waals surface area contributed by atoms with Crippen LogP contribution in [0, 0.1) is 11.3 Å². The monoisotopic (exact) mass is 446 g/mol. The molecule has 5 rings (SSSR count). The van der Waals surface area contributed by atoms with Gasteiger partial charge >= 0.3 is 0 Å². The number of benzene rings is 1. The van der Waals surface area contributed by atoms with Crippen LogP contribution in [0.4, 0.5) is 5.69 Å². The molecule has 5 atom stereocenters. The fraction of sp³-hybridized carbons (Fsp3) is 0.281. The van der Waals surface area contributed by atoms with Crippen molar-refractivity contribution in [2.45, 2.75) is 44.2 Å². The van der Waals surface area contributed by atoms with Gasteiger partial charge in [0.05, 0.1) is 12.1 Å². The Morgan fingerprint density at radius 1 is 1.15 bits per heavy atom. The fourth-order valence-corrected chi connectivity index (χ4v) is 5.66. The summed E-state index contributed by atoms with van der Waals surface area (Å²) in [5.41, 5.74) is 4.99. The molecule has 2 aliphatic carbocycles. The van der Waals surface area contributed by atoms with E-state index in [4.69, 9.17) is 4.99 Å². The second kappa shape index (κ2) is 9.10. The third-order valence-electron chi connectivity index (χ3n) is 7.61. The molecule has 2 nitrogen and oxygen atoms in total. The molecule has 172 valence electrons. The van der Waals surface area contributed by atoms with Crippen LogP contribution in [0.3, 0.4) is 0 Å². The van der Waals surface area contributed by atoms with Gasteiger partial charge in [0.1, 0.15) is 5.84 Å². The van der Waals surface area contributed by atoms with Gasteiger partial charge in [-0.1, -0.05) is 104 Å². The van der Waals surface area contributed by atoms with E-state index in [0.29, 0.717) is 5.92 Å². The number of nitrogens with zero attached hydrogens (tertiary/aromatic N) is 2. The second-order valence-corrected chi connectivity index (χ2v) is 9.96. The lowest BCUT2D eigenvalue weighted by molar-refractivity contribution is 0.543. The zero-order valence-electron chi connectivity index (χ0n) is 20.1. The van der Waals surface area contributed by atoms with Crippen LogP contribution in [0.1, 0.15) is 37.7 Å². The maximum Gasteiger partial charge on any atom is 0.113 e. The van der Waals surface area contributed by atoms with Crippen LogP contribution >= 0.6 is 0 Å². The van der Waals surface area contributed by atoms with E-state index in [0.717, 1.165) is 25.1 Å². The summed E-state index contributed by atoms with van der Waals surface area (Å²) in [6, 6.07) is 8.85. The number of aliphatic imine (C=N–C) groups is 1. The number of allylic oxidation sites excluding steroid dienone is 10. The lowest BCUT2D eigenvalue weighted by Gasteiger charge is -2.40. The maximum absolute atomic E-state index is 5.27. The van der Waals surface area contributed by atoms with Crippen molar-refractivity contribution in [3.05, 3.63) is 128 Å². The molecule has 1 aromatic rings. The van der Waals surface area contributed by atoms with Crippen molar-refractivity contribution >= 4 is 11.5 Å². The Labute approximate surface area is 204 Å². The van der Waals surface area contributed by atoms with Crippen molar-refractivity contribution in [1.82, 2.24) is 0 Å². The van der Waals surface area contributed by atoms with Gasteiger partial charge in [0, 0.05) is 22.9 Å². The predicted octanol–water partition coefficient (Wildman–Crippen LogP) is 7.64. The lowest BCUT2D eigenvalue weighted by Crippen LogP contribution is -2.45. The number of anilines is 1. The van der Waals surface area contributed by atoms with Crippen LogP contribution in [0.25, 0.3) is 0 Å². The minimum atomic E-state index is -0.179. The Kier molecular flexibility index (Phi) is 6.00. The van der Waals surface area contributed by atoms with Crippen molar-refractivity contribution < 1.29 is 0 Å². The van der Waals surface area contributed by atoms with E-state index in [-0.39, 0.29) is 23.4 Å². The summed E-state index contributed by atoms with van der Waals surface area (Å²) in [5, 5.41) is 0. The van der Waals surface area contributed by atoms with E-state index < -0.39 is 0 Å². The largest absolute Gasteiger partial charge is 0.320 e. The zero-order chi connectivity index (χ0) is 23.7. The summed E-state index contributed by atoms with van der Waals surface area (Å²) < 4.78 is 0. The smallest absolute Gasteiger partial charge is 0.113 e. The van der Waals surface area contributed by atoms with Gasteiger partial charge < -0.3 is 4.90 Å². The first kappa shape index (κ1) is 22.4. The molecule has 0 N–H and O–H groups in total. The van der Waals surface area contributed by atoms with Gasteiger partial charge in [-0.3, -0.25) is 4.99 Å². The van der Waals surface area contributed by atoms with E-state index in [2.05, 4.69) is 111 Å². The Balaban J connectivity index is 1.44. The third-order valence-corrected chi connectivity index (χ3v) is 7.61. The normalized spacial score (nSPS) is 28.4. The number of amidine groups is 1. The molecule has 2 aliphatic heterocycles. The Morgan fingerprint density at radius 3 is 2.68 bits per heavy atom. The molecule has 0 aromatic heterocycles. The van der Waals surface area contributed by atoms with Crippen molar-refractivity contribution in [1.29, 1.82) is 0 Å². The standard InChI is InChI=1S/C32H34N2/c1-5-29-28(20-21-32(4,6-2)22-23(3)24-14-8-7-9-15-24)33-31-27-18-11-10-16-25(27)26-17-12-13-19-30(26)34(29)31/h5-8,10-14,16-21,25,27-29H,1-3,9,15,22H2,4H3/b21-20+/t25?,27?,28?,29?,32-/m1/s1. The van der Waals surface area contributed by atoms with Crippen LogP contribution in [0.15, 0.2) is 127 Å². The molecule has 0 radical (unpaired) electrons. The number of fused-ring (bicyclic) bond motifs is 6. The third kappa shape index (κ3) is 3.92. The van der Waals surface area contributed by atoms with Crippen molar-refractivity contribution in [3.8, 4) is 0 Å². The van der Waals surface area contributed by atoms with E-state index >= 15 is 0 Å². The first-order valence-corrected chi connectivity index (χ1v) is 12.3. The molecule has 34 heavy (non-hydrogen) atoms. The topological polar surface area (TPSA) is 15.6 Å². The highest BCUT2D eigenvalue weighted by Gasteiger charge is 2.44. The van der Waals surface area contributed by atoms with Gasteiger partial charge in [-0.05, 0) is 36.5 Å². The summed E-state index contributed by atoms with van der Waals surface area (Å²) in [5.74, 6) is 1.74. The zero-order valence-corrected chi connectivity index (χ0v) is 20.1. The van der Waals surface area contributed by atoms with Gasteiger partial charge in [0.15, 0.2) is 0 Å². The molecule has 0 bridgehead atoms. The van der Waals surface area contributed by atoms with Gasteiger partial charge in [0.25, 0.3) is 0 Å². The Morgan fingerprint density at radius 2 is 1.94 bits per heavy atom. The molecule has 0 spiro atoms. The van der Waals surface area contributed by atoms with Gasteiger partial charge in [-0.15, -0.1) is 13.2 Å². The average Bonchev–Trinajstić information content (AvgIpc) is 3.27. The highest BCUT2D eigenvalue weighted by Crippen LogP contribution is 2.46. The summed E-state index contributed by atoms with van der Waals surface area (Å²) >= 11 is 0. The molecular formula is C32H34N2. The molecule has 4 unspecified atom stereocenters. The van der Waals surface area contributed by atoms with Crippen molar-refractivity contribution in [3.63, 3.8) is 0 Å². The molecule has 4 aliphatic rings. The van der Waals surface area contributed by atoms with E-state index in [9.17, 15) is 0 Å². The minimum Gasteiger partial charge on any atom is -0.320 e. The van der Waals surface area contributed by atoms with Crippen LogP contribution in [0.2, 0.25) is 0 Å². The number of hydrogen-bond acceptors (Lipinski definition) is 2. The average molecular weight is 447 g/mol.